The van der Waals surface area contributed by atoms with E-state index < -0.39 is 15.4 Å². The Morgan fingerprint density at radius 2 is 2.33 bits per heavy atom. The number of carbonyl (C=O) groups excluding carboxylic acids is 1. The second kappa shape index (κ2) is 6.29. The monoisotopic (exact) mass is 390 g/mol. The van der Waals surface area contributed by atoms with Crippen molar-refractivity contribution in [2.45, 2.75) is 25.4 Å². The van der Waals surface area contributed by atoms with Crippen molar-refractivity contribution in [3.05, 3.63) is 22.4 Å². The highest BCUT2D eigenvalue weighted by atomic mass is 35.5. The van der Waals surface area contributed by atoms with Crippen LogP contribution < -0.4 is 5.32 Å². The van der Waals surface area contributed by atoms with Crippen LogP contribution in [0.5, 0.6) is 0 Å². The number of imidazole rings is 1. The van der Waals surface area contributed by atoms with Crippen LogP contribution in [0.2, 0.25) is 5.15 Å². The summed E-state index contributed by atoms with van der Waals surface area (Å²) in [6.07, 6.45) is 2.35. The third kappa shape index (κ3) is 3.74. The van der Waals surface area contributed by atoms with Crippen molar-refractivity contribution < 1.29 is 13.2 Å². The van der Waals surface area contributed by atoms with Crippen molar-refractivity contribution in [3.8, 4) is 0 Å². The summed E-state index contributed by atoms with van der Waals surface area (Å²) in [6.45, 7) is 2.40. The Balaban J connectivity index is 1.61. The number of thiazole rings is 1. The lowest BCUT2D eigenvalue weighted by Crippen LogP contribution is -2.49. The van der Waals surface area contributed by atoms with Gasteiger partial charge in [0.2, 0.25) is 5.91 Å². The molecule has 3 rings (SSSR count). The van der Waals surface area contributed by atoms with Crippen molar-refractivity contribution in [2.75, 3.05) is 25.1 Å². The molecule has 0 spiro atoms. The van der Waals surface area contributed by atoms with Gasteiger partial charge in [0.15, 0.2) is 20.0 Å². The molecule has 1 saturated heterocycles. The van der Waals surface area contributed by atoms with Gasteiger partial charge in [-0.1, -0.05) is 11.6 Å². The number of amides is 1. The van der Waals surface area contributed by atoms with E-state index in [0.717, 1.165) is 10.7 Å². The molecule has 2 aromatic heterocycles. The third-order valence-corrected chi connectivity index (χ3v) is 7.05. The van der Waals surface area contributed by atoms with Crippen LogP contribution in [-0.2, 0) is 21.2 Å². The van der Waals surface area contributed by atoms with E-state index in [1.165, 1.54) is 11.3 Å². The summed E-state index contributed by atoms with van der Waals surface area (Å²) in [5.74, 6) is -0.0695. The average Bonchev–Trinajstić information content (AvgIpc) is 3.06. The summed E-state index contributed by atoms with van der Waals surface area (Å²) in [6, 6.07) is 0. The summed E-state index contributed by atoms with van der Waals surface area (Å²) in [5.41, 5.74) is 0.156. The standard InChI is InChI=1S/C14H19ClN4O3S2/c1-14(3-6-24(21,22)9-14)17-11(20)8-18(2)7-10-12(15)16-13-19(10)4-5-23-13/h4-5H,3,6-9H2,1-2H3,(H,17,20)/t14-/m1/s1. The van der Waals surface area contributed by atoms with E-state index in [2.05, 4.69) is 10.3 Å². The fourth-order valence-electron chi connectivity index (χ4n) is 2.99. The molecule has 3 heterocycles. The molecule has 24 heavy (non-hydrogen) atoms. The van der Waals surface area contributed by atoms with E-state index in [1.807, 2.05) is 27.9 Å². The molecule has 0 saturated carbocycles. The fourth-order valence-corrected chi connectivity index (χ4v) is 6.10. The van der Waals surface area contributed by atoms with Gasteiger partial charge in [-0.05, 0) is 20.4 Å². The zero-order valence-corrected chi connectivity index (χ0v) is 15.8. The number of hydrogen-bond donors (Lipinski definition) is 1. The number of rotatable bonds is 5. The van der Waals surface area contributed by atoms with Crippen molar-refractivity contribution in [1.29, 1.82) is 0 Å². The largest absolute Gasteiger partial charge is 0.349 e. The molecule has 1 atom stereocenters. The number of fused-ring (bicyclic) bond motifs is 1. The van der Waals surface area contributed by atoms with E-state index in [9.17, 15) is 13.2 Å². The molecule has 2 aromatic rings. The van der Waals surface area contributed by atoms with Crippen molar-refractivity contribution >= 4 is 43.6 Å². The molecule has 7 nitrogen and oxygen atoms in total. The topological polar surface area (TPSA) is 83.8 Å². The molecular weight excluding hydrogens is 372 g/mol. The number of hydrogen-bond acceptors (Lipinski definition) is 6. The first-order valence-corrected chi connectivity index (χ1v) is 10.6. The molecule has 1 aliphatic rings. The molecule has 1 aliphatic heterocycles. The molecule has 1 N–H and O–H groups in total. The van der Waals surface area contributed by atoms with Crippen molar-refractivity contribution in [3.63, 3.8) is 0 Å². The second-order valence-corrected chi connectivity index (χ2v) is 9.94. The maximum Gasteiger partial charge on any atom is 0.234 e. The Hall–Kier alpha value is -1.16. The molecule has 1 fully saturated rings. The summed E-state index contributed by atoms with van der Waals surface area (Å²) in [4.78, 5) is 19.2. The van der Waals surface area contributed by atoms with E-state index in [1.54, 1.807) is 6.92 Å². The van der Waals surface area contributed by atoms with E-state index in [-0.39, 0.29) is 24.0 Å². The van der Waals surface area contributed by atoms with Crippen LogP contribution in [0, 0.1) is 0 Å². The van der Waals surface area contributed by atoms with Crippen LogP contribution in [0.4, 0.5) is 0 Å². The quantitative estimate of drug-likeness (QED) is 0.828. The van der Waals surface area contributed by atoms with Crippen molar-refractivity contribution in [2.24, 2.45) is 0 Å². The molecule has 0 aromatic carbocycles. The lowest BCUT2D eigenvalue weighted by atomic mass is 10.0. The highest BCUT2D eigenvalue weighted by molar-refractivity contribution is 7.91. The third-order valence-electron chi connectivity index (χ3n) is 4.09. The van der Waals surface area contributed by atoms with Gasteiger partial charge in [0, 0.05) is 18.1 Å². The van der Waals surface area contributed by atoms with E-state index in [4.69, 9.17) is 11.6 Å². The first kappa shape index (κ1) is 17.7. The van der Waals surface area contributed by atoms with Crippen LogP contribution in [0.3, 0.4) is 0 Å². The Bertz CT molecular complexity index is 876. The van der Waals surface area contributed by atoms with Gasteiger partial charge >= 0.3 is 0 Å². The predicted molar refractivity (Wildman–Crippen MR) is 94.2 cm³/mol. The molecule has 1 amide bonds. The summed E-state index contributed by atoms with van der Waals surface area (Å²) < 4.78 is 25.1. The van der Waals surface area contributed by atoms with Crippen molar-refractivity contribution in [1.82, 2.24) is 19.6 Å². The van der Waals surface area contributed by atoms with Gasteiger partial charge < -0.3 is 5.32 Å². The maximum atomic E-state index is 12.3. The summed E-state index contributed by atoms with van der Waals surface area (Å²) >= 11 is 7.66. The fraction of sp³-hybridized carbons (Fsp3) is 0.571. The normalized spacial score (nSPS) is 23.2. The minimum Gasteiger partial charge on any atom is -0.349 e. The molecule has 0 bridgehead atoms. The van der Waals surface area contributed by atoms with Gasteiger partial charge in [-0.15, -0.1) is 11.3 Å². The van der Waals surface area contributed by atoms with Gasteiger partial charge in [-0.2, -0.15) is 0 Å². The molecule has 0 aliphatic carbocycles. The maximum absolute atomic E-state index is 12.3. The molecule has 132 valence electrons. The first-order chi connectivity index (χ1) is 11.2. The lowest BCUT2D eigenvalue weighted by Gasteiger charge is -2.25. The zero-order chi connectivity index (χ0) is 17.5. The van der Waals surface area contributed by atoms with Gasteiger partial charge in [0.05, 0.1) is 29.3 Å². The van der Waals surface area contributed by atoms with E-state index in [0.29, 0.717) is 18.1 Å². The summed E-state index contributed by atoms with van der Waals surface area (Å²) in [5, 5.41) is 5.22. The van der Waals surface area contributed by atoms with Gasteiger partial charge in [-0.25, -0.2) is 13.4 Å². The van der Waals surface area contributed by atoms with Crippen LogP contribution >= 0.6 is 22.9 Å². The average molecular weight is 391 g/mol. The summed E-state index contributed by atoms with van der Waals surface area (Å²) in [7, 11) is -1.23. The van der Waals surface area contributed by atoms with Gasteiger partial charge in [0.1, 0.15) is 0 Å². The van der Waals surface area contributed by atoms with Gasteiger partial charge in [-0.3, -0.25) is 14.1 Å². The number of nitrogens with one attached hydrogen (secondary N) is 1. The van der Waals surface area contributed by atoms with Crippen LogP contribution in [-0.4, -0.2) is 59.2 Å². The SMILES string of the molecule is CN(CC(=O)N[C@]1(C)CCS(=O)(=O)C1)Cc1c(Cl)nc2sccn12. The minimum absolute atomic E-state index is 0.000565. The number of sulfone groups is 1. The number of carbonyl (C=O) groups is 1. The smallest absolute Gasteiger partial charge is 0.234 e. The second-order valence-electron chi connectivity index (χ2n) is 6.53. The van der Waals surface area contributed by atoms with Crippen LogP contribution in [0.15, 0.2) is 11.6 Å². The van der Waals surface area contributed by atoms with Crippen LogP contribution in [0.25, 0.3) is 4.96 Å². The van der Waals surface area contributed by atoms with E-state index >= 15 is 0 Å². The molecule has 10 heteroatoms. The number of halogens is 1. The number of likely N-dealkylation sites (N-methyl/N-ethyl adjacent to an activating group) is 1. The number of nitrogens with zero attached hydrogens (tertiary/aromatic N) is 3. The Morgan fingerprint density at radius 3 is 3.00 bits per heavy atom. The molecular formula is C14H19ClN4O3S2. The van der Waals surface area contributed by atoms with Crippen LogP contribution in [0.1, 0.15) is 19.0 Å². The highest BCUT2D eigenvalue weighted by Gasteiger charge is 2.39. The lowest BCUT2D eigenvalue weighted by molar-refractivity contribution is -0.123. The Kier molecular flexibility index (Phi) is 4.63. The zero-order valence-electron chi connectivity index (χ0n) is 13.5. The number of aromatic nitrogens is 2. The Labute approximate surface area is 149 Å². The van der Waals surface area contributed by atoms with Gasteiger partial charge in [0.25, 0.3) is 0 Å². The highest BCUT2D eigenvalue weighted by Crippen LogP contribution is 2.24. The first-order valence-electron chi connectivity index (χ1n) is 7.47. The minimum atomic E-state index is -3.05. The molecule has 0 radical (unpaired) electrons. The molecule has 0 unspecified atom stereocenters. The predicted octanol–water partition coefficient (Wildman–Crippen LogP) is 1.17. The Morgan fingerprint density at radius 1 is 1.58 bits per heavy atom.